The van der Waals surface area contributed by atoms with Gasteiger partial charge in [-0.3, -0.25) is 4.79 Å². The number of benzene rings is 1. The van der Waals surface area contributed by atoms with Gasteiger partial charge in [0.25, 0.3) is 0 Å². The van der Waals surface area contributed by atoms with E-state index in [0.717, 1.165) is 54.0 Å². The van der Waals surface area contributed by atoms with E-state index >= 15 is 0 Å². The maximum Gasteiger partial charge on any atom is 0.408 e. The molecule has 2 fully saturated rings. The second-order valence-electron chi connectivity index (χ2n) is 15.1. The first-order valence-corrected chi connectivity index (χ1v) is 18.7. The van der Waals surface area contributed by atoms with Gasteiger partial charge in [-0.15, -0.1) is 0 Å². The Balaban J connectivity index is 1.11. The summed E-state index contributed by atoms with van der Waals surface area (Å²) in [5.41, 5.74) is 4.01. The smallest absolute Gasteiger partial charge is 0.408 e. The molecule has 4 heterocycles. The van der Waals surface area contributed by atoms with Gasteiger partial charge in [-0.25, -0.2) is 24.5 Å². The van der Waals surface area contributed by atoms with Crippen LogP contribution in [0.3, 0.4) is 0 Å². The number of H-pyrrole nitrogens is 1. The average molecular weight is 729 g/mol. The van der Waals surface area contributed by atoms with E-state index in [1.54, 1.807) is 12.7 Å². The quantitative estimate of drug-likeness (QED) is 0.184. The second kappa shape index (κ2) is 17.1. The Morgan fingerprint density at radius 2 is 1.89 bits per heavy atom. The first-order chi connectivity index (χ1) is 25.5. The summed E-state index contributed by atoms with van der Waals surface area (Å²) in [6.45, 7) is 10.4. The van der Waals surface area contributed by atoms with Gasteiger partial charge in [0.05, 0.1) is 12.4 Å². The molecule has 53 heavy (non-hydrogen) atoms. The zero-order valence-electron chi connectivity index (χ0n) is 31.2. The number of aromatic amines is 1. The number of ether oxygens (including phenoxy) is 3. The molecule has 14 heteroatoms. The summed E-state index contributed by atoms with van der Waals surface area (Å²) < 4.78 is 17.5. The third-order valence-electron chi connectivity index (χ3n) is 9.72. The minimum Gasteiger partial charge on any atom is -0.495 e. The number of fused-ring (bicyclic) bond motifs is 2. The lowest BCUT2D eigenvalue weighted by molar-refractivity contribution is -0.133. The molecule has 0 saturated carbocycles. The molecule has 1 aromatic carbocycles. The van der Waals surface area contributed by atoms with E-state index < -0.39 is 23.8 Å². The van der Waals surface area contributed by atoms with Crippen molar-refractivity contribution in [3.8, 4) is 0 Å². The number of imidazole rings is 1. The third-order valence-corrected chi connectivity index (χ3v) is 9.72. The summed E-state index contributed by atoms with van der Waals surface area (Å²) in [5, 5.41) is 5.62. The van der Waals surface area contributed by atoms with Gasteiger partial charge < -0.3 is 39.6 Å². The van der Waals surface area contributed by atoms with Gasteiger partial charge in [-0.1, -0.05) is 43.3 Å². The minimum absolute atomic E-state index is 0.0967. The van der Waals surface area contributed by atoms with Gasteiger partial charge >= 0.3 is 12.2 Å². The van der Waals surface area contributed by atoms with Gasteiger partial charge in [-0.05, 0) is 76.4 Å². The number of nitrogens with zero attached hydrogens (tertiary/aromatic N) is 5. The van der Waals surface area contributed by atoms with Crippen molar-refractivity contribution >= 4 is 35.1 Å². The zero-order valence-corrected chi connectivity index (χ0v) is 31.2. The van der Waals surface area contributed by atoms with Crippen LogP contribution in [0.5, 0.6) is 0 Å². The molecule has 6 rings (SSSR count). The van der Waals surface area contributed by atoms with Gasteiger partial charge in [0.2, 0.25) is 5.91 Å². The highest BCUT2D eigenvalue weighted by Crippen LogP contribution is 2.36. The number of nitrogens with one attached hydrogen (secondary N) is 3. The van der Waals surface area contributed by atoms with Crippen LogP contribution in [0, 0.1) is 5.92 Å². The van der Waals surface area contributed by atoms with Crippen LogP contribution in [-0.4, -0.2) is 93.4 Å². The van der Waals surface area contributed by atoms with Crippen molar-refractivity contribution in [3.63, 3.8) is 0 Å². The van der Waals surface area contributed by atoms with Crippen LogP contribution in [0.1, 0.15) is 78.2 Å². The van der Waals surface area contributed by atoms with Gasteiger partial charge in [0.15, 0.2) is 11.5 Å². The second-order valence-corrected chi connectivity index (χ2v) is 15.1. The van der Waals surface area contributed by atoms with Crippen molar-refractivity contribution in [1.29, 1.82) is 0 Å². The van der Waals surface area contributed by atoms with Gasteiger partial charge in [0, 0.05) is 38.2 Å². The first kappa shape index (κ1) is 37.6. The summed E-state index contributed by atoms with van der Waals surface area (Å²) in [6, 6.07) is 8.76. The largest absolute Gasteiger partial charge is 0.495 e. The SMILES string of the molecule is CC1C=C2CCN(C(=O)[C@H](CCCCNC(=O)OC(C)(C)C)NC(=O)OCc3ccccc3)CC2=C(OC[C@H]2CCCN2c2ncnc3nc[nH]c23)C1. The molecular weight excluding hydrogens is 676 g/mol. The maximum absolute atomic E-state index is 14.2. The van der Waals surface area contributed by atoms with Crippen molar-refractivity contribution in [3.05, 3.63) is 71.5 Å². The van der Waals surface area contributed by atoms with Crippen molar-refractivity contribution in [1.82, 2.24) is 35.5 Å². The summed E-state index contributed by atoms with van der Waals surface area (Å²) in [7, 11) is 0. The molecule has 3 atom stereocenters. The highest BCUT2D eigenvalue weighted by Gasteiger charge is 2.34. The van der Waals surface area contributed by atoms with Crippen LogP contribution in [0.2, 0.25) is 0 Å². The fourth-order valence-corrected chi connectivity index (χ4v) is 7.20. The number of piperidine rings is 1. The highest BCUT2D eigenvalue weighted by atomic mass is 16.6. The van der Waals surface area contributed by atoms with Crippen molar-refractivity contribution in [2.24, 2.45) is 5.92 Å². The Bertz CT molecular complexity index is 1800. The molecule has 284 valence electrons. The number of anilines is 1. The van der Waals surface area contributed by atoms with Crippen LogP contribution < -0.4 is 15.5 Å². The minimum atomic E-state index is -0.794. The Kier molecular flexibility index (Phi) is 12.2. The summed E-state index contributed by atoms with van der Waals surface area (Å²) in [6.07, 6.45) is 9.42. The number of likely N-dealkylation sites (tertiary alicyclic amines) is 1. The maximum atomic E-state index is 14.2. The van der Waals surface area contributed by atoms with Crippen LogP contribution in [0.4, 0.5) is 15.4 Å². The van der Waals surface area contributed by atoms with Crippen LogP contribution in [-0.2, 0) is 25.6 Å². The van der Waals surface area contributed by atoms with E-state index in [2.05, 4.69) is 48.5 Å². The van der Waals surface area contributed by atoms with E-state index in [0.29, 0.717) is 63.5 Å². The monoisotopic (exact) mass is 728 g/mol. The van der Waals surface area contributed by atoms with E-state index in [1.807, 2.05) is 56.0 Å². The molecule has 0 bridgehead atoms. The Morgan fingerprint density at radius 3 is 2.70 bits per heavy atom. The molecule has 0 radical (unpaired) electrons. The third kappa shape index (κ3) is 10.1. The number of rotatable bonds is 13. The molecule has 1 unspecified atom stereocenters. The zero-order chi connectivity index (χ0) is 37.4. The molecule has 2 aromatic heterocycles. The van der Waals surface area contributed by atoms with E-state index in [-0.39, 0.29) is 18.6 Å². The van der Waals surface area contributed by atoms with Gasteiger partial charge in [0.1, 0.15) is 42.5 Å². The molecule has 3 amide bonds. The lowest BCUT2D eigenvalue weighted by atomic mass is 9.85. The topological polar surface area (TPSA) is 164 Å². The number of carbonyl (C=O) groups excluding carboxylic acids is 3. The Labute approximate surface area is 310 Å². The first-order valence-electron chi connectivity index (χ1n) is 18.7. The predicted molar refractivity (Wildman–Crippen MR) is 200 cm³/mol. The van der Waals surface area contributed by atoms with Gasteiger partial charge in [-0.2, -0.15) is 0 Å². The van der Waals surface area contributed by atoms with Crippen molar-refractivity contribution in [2.45, 2.75) is 96.9 Å². The number of alkyl carbamates (subject to hydrolysis) is 2. The molecule has 0 spiro atoms. The molecule has 1 aliphatic carbocycles. The number of amides is 3. The molecule has 2 saturated heterocycles. The predicted octanol–water partition coefficient (Wildman–Crippen LogP) is 5.78. The number of unbranched alkanes of at least 4 members (excludes halogenated alkanes) is 1. The number of allylic oxidation sites excluding steroid dienone is 2. The fourth-order valence-electron chi connectivity index (χ4n) is 7.20. The fraction of sp³-hybridized carbons (Fsp3) is 0.538. The van der Waals surface area contributed by atoms with E-state index in [4.69, 9.17) is 14.2 Å². The normalized spacial score (nSPS) is 19.4. The average Bonchev–Trinajstić information content (AvgIpc) is 3.81. The molecule has 3 aromatic rings. The molecule has 14 nitrogen and oxygen atoms in total. The number of aromatic nitrogens is 4. The Morgan fingerprint density at radius 1 is 1.06 bits per heavy atom. The summed E-state index contributed by atoms with van der Waals surface area (Å²) >= 11 is 0. The number of hydrogen-bond donors (Lipinski definition) is 3. The van der Waals surface area contributed by atoms with Crippen molar-refractivity contribution < 1.29 is 28.6 Å². The number of hydrogen-bond acceptors (Lipinski definition) is 10. The highest BCUT2D eigenvalue weighted by molar-refractivity contribution is 5.86. The van der Waals surface area contributed by atoms with Crippen LogP contribution in [0.25, 0.3) is 11.2 Å². The summed E-state index contributed by atoms with van der Waals surface area (Å²) in [5.74, 6) is 1.92. The lowest BCUT2D eigenvalue weighted by Gasteiger charge is -2.37. The standard InChI is InChI=1S/C39H52N8O6/c1-26-19-28-15-18-46(21-30(28)32(20-26)51-23-29-13-10-17-47(29)35-33-34(42-24-41-33)43-25-44-35)36(48)31(14-8-9-16-40-37(49)53-39(2,3)4)45-38(50)52-22-27-11-6-5-7-12-27/h5-7,11-12,19,24-26,29,31H,8-10,13-18,20-23H2,1-4H3,(H,40,49)(H,45,50)(H,41,42,43,44)/t26?,29-,31+/m1/s1. The molecule has 3 N–H and O–H groups in total. The Hall–Kier alpha value is -5.14. The number of carbonyl (C=O) groups is 3. The van der Waals surface area contributed by atoms with Crippen LogP contribution >= 0.6 is 0 Å². The molecule has 3 aliphatic rings. The molecule has 2 aliphatic heterocycles. The van der Waals surface area contributed by atoms with E-state index in [1.165, 1.54) is 5.57 Å². The summed E-state index contributed by atoms with van der Waals surface area (Å²) in [4.78, 5) is 59.8. The van der Waals surface area contributed by atoms with Crippen molar-refractivity contribution in [2.75, 3.05) is 37.7 Å². The van der Waals surface area contributed by atoms with Crippen LogP contribution in [0.15, 0.2) is 66.0 Å². The van der Waals surface area contributed by atoms with E-state index in [9.17, 15) is 14.4 Å². The molecular formula is C39H52N8O6. The lowest BCUT2D eigenvalue weighted by Crippen LogP contribution is -2.51.